The number of amides is 3. The van der Waals surface area contributed by atoms with Crippen LogP contribution in [0.15, 0.2) is 0 Å². The fraction of sp³-hybridized carbons (Fsp3) is 0.750. The Morgan fingerprint density at radius 3 is 1.66 bits per heavy atom. The van der Waals surface area contributed by atoms with E-state index in [1.807, 2.05) is 12.5 Å². The molecule has 0 rings (SSSR count). The SMILES string of the molecule is CSCCC(N)C(=O)NC(CS)C(=O)NC(CS)C(=O)NC(CCSC)C(=O)O. The number of carboxylic acid groups (broad SMARTS) is 1. The second-order valence-electron chi connectivity index (χ2n) is 6.06. The number of carboxylic acids is 1. The molecule has 0 fully saturated rings. The van der Waals surface area contributed by atoms with Gasteiger partial charge in [0.2, 0.25) is 17.7 Å². The maximum Gasteiger partial charge on any atom is 0.326 e. The molecule has 4 atom stereocenters. The van der Waals surface area contributed by atoms with Gasteiger partial charge in [0.05, 0.1) is 6.04 Å². The molecule has 0 aromatic rings. The molecule has 29 heavy (non-hydrogen) atoms. The summed E-state index contributed by atoms with van der Waals surface area (Å²) in [5.41, 5.74) is 5.79. The molecule has 0 aliphatic carbocycles. The summed E-state index contributed by atoms with van der Waals surface area (Å²) < 4.78 is 0. The van der Waals surface area contributed by atoms with E-state index < -0.39 is 47.9 Å². The minimum Gasteiger partial charge on any atom is -0.480 e. The van der Waals surface area contributed by atoms with Crippen molar-refractivity contribution in [1.82, 2.24) is 16.0 Å². The van der Waals surface area contributed by atoms with Gasteiger partial charge in [-0.3, -0.25) is 14.4 Å². The largest absolute Gasteiger partial charge is 0.480 e. The average Bonchev–Trinajstić information content (AvgIpc) is 2.70. The summed E-state index contributed by atoms with van der Waals surface area (Å²) in [5, 5.41) is 16.6. The molecule has 0 aromatic heterocycles. The van der Waals surface area contributed by atoms with E-state index in [4.69, 9.17) is 5.73 Å². The summed E-state index contributed by atoms with van der Waals surface area (Å²) in [6.45, 7) is 0. The smallest absolute Gasteiger partial charge is 0.326 e. The van der Waals surface area contributed by atoms with Crippen LogP contribution in [0.3, 0.4) is 0 Å². The van der Waals surface area contributed by atoms with Gasteiger partial charge in [0.15, 0.2) is 0 Å². The Morgan fingerprint density at radius 1 is 0.828 bits per heavy atom. The summed E-state index contributed by atoms with van der Waals surface area (Å²) >= 11 is 11.1. The molecular weight excluding hydrogens is 456 g/mol. The van der Waals surface area contributed by atoms with Gasteiger partial charge in [-0.2, -0.15) is 48.8 Å². The molecule has 0 aliphatic rings. The number of carbonyl (C=O) groups excluding carboxylic acids is 3. The number of thioether (sulfide) groups is 2. The molecule has 0 aromatic carbocycles. The molecule has 6 N–H and O–H groups in total. The third-order valence-corrected chi connectivity index (χ3v) is 5.84. The Hall–Kier alpha value is -0.760. The van der Waals surface area contributed by atoms with Gasteiger partial charge >= 0.3 is 5.97 Å². The first-order valence-electron chi connectivity index (χ1n) is 8.80. The van der Waals surface area contributed by atoms with E-state index in [2.05, 4.69) is 41.2 Å². The van der Waals surface area contributed by atoms with Gasteiger partial charge in [-0.15, -0.1) is 0 Å². The van der Waals surface area contributed by atoms with E-state index in [1.54, 1.807) is 11.8 Å². The number of nitrogens with two attached hydrogens (primary N) is 1. The predicted molar refractivity (Wildman–Crippen MR) is 125 cm³/mol. The van der Waals surface area contributed by atoms with Crippen LogP contribution in [0, 0.1) is 0 Å². The molecule has 9 nitrogen and oxygen atoms in total. The van der Waals surface area contributed by atoms with Crippen LogP contribution in [-0.2, 0) is 19.2 Å². The van der Waals surface area contributed by atoms with Crippen LogP contribution in [0.25, 0.3) is 0 Å². The Bertz CT molecular complexity index is 555. The molecule has 4 unspecified atom stereocenters. The van der Waals surface area contributed by atoms with Gasteiger partial charge in [-0.25, -0.2) is 4.79 Å². The van der Waals surface area contributed by atoms with Crippen molar-refractivity contribution in [1.29, 1.82) is 0 Å². The summed E-state index contributed by atoms with van der Waals surface area (Å²) in [4.78, 5) is 48.2. The van der Waals surface area contributed by atoms with Crippen LogP contribution in [0.1, 0.15) is 12.8 Å². The van der Waals surface area contributed by atoms with Crippen molar-refractivity contribution in [3.8, 4) is 0 Å². The Kier molecular flexibility index (Phi) is 15.6. The molecule has 0 saturated carbocycles. The quantitative estimate of drug-likeness (QED) is 0.149. The Labute approximate surface area is 190 Å². The van der Waals surface area contributed by atoms with Gasteiger partial charge < -0.3 is 26.8 Å². The lowest BCUT2D eigenvalue weighted by atomic mass is 10.2. The topological polar surface area (TPSA) is 151 Å². The van der Waals surface area contributed by atoms with Crippen molar-refractivity contribution < 1.29 is 24.3 Å². The van der Waals surface area contributed by atoms with Gasteiger partial charge in [0, 0.05) is 11.5 Å². The molecule has 0 radical (unpaired) electrons. The number of thiol groups is 2. The summed E-state index contributed by atoms with van der Waals surface area (Å²) in [6.07, 6.45) is 4.44. The highest BCUT2D eigenvalue weighted by Gasteiger charge is 2.29. The zero-order valence-electron chi connectivity index (χ0n) is 16.4. The zero-order chi connectivity index (χ0) is 22.4. The van der Waals surface area contributed by atoms with Crippen LogP contribution in [0.5, 0.6) is 0 Å². The van der Waals surface area contributed by atoms with Crippen molar-refractivity contribution in [3.05, 3.63) is 0 Å². The maximum atomic E-state index is 12.5. The van der Waals surface area contributed by atoms with Crippen molar-refractivity contribution >= 4 is 72.5 Å². The van der Waals surface area contributed by atoms with E-state index in [1.165, 1.54) is 11.8 Å². The van der Waals surface area contributed by atoms with Gasteiger partial charge in [0.1, 0.15) is 18.1 Å². The molecule has 3 amide bonds. The van der Waals surface area contributed by atoms with Crippen LogP contribution in [0.4, 0.5) is 0 Å². The minimum absolute atomic E-state index is 0.000788. The lowest BCUT2D eigenvalue weighted by Crippen LogP contribution is -2.58. The van der Waals surface area contributed by atoms with Crippen molar-refractivity contribution in [2.24, 2.45) is 5.73 Å². The lowest BCUT2D eigenvalue weighted by molar-refractivity contribution is -0.142. The van der Waals surface area contributed by atoms with Crippen LogP contribution >= 0.6 is 48.8 Å². The molecule has 0 spiro atoms. The molecule has 0 saturated heterocycles. The fourth-order valence-electron chi connectivity index (χ4n) is 2.08. The number of hydrogen-bond donors (Lipinski definition) is 7. The molecule has 13 heteroatoms. The van der Waals surface area contributed by atoms with Gasteiger partial charge in [-0.05, 0) is 36.9 Å². The first-order valence-corrected chi connectivity index (χ1v) is 12.9. The first kappa shape index (κ1) is 28.2. The zero-order valence-corrected chi connectivity index (χ0v) is 19.8. The van der Waals surface area contributed by atoms with E-state index >= 15 is 0 Å². The average molecular weight is 487 g/mol. The summed E-state index contributed by atoms with van der Waals surface area (Å²) in [7, 11) is 0. The summed E-state index contributed by atoms with van der Waals surface area (Å²) in [6, 6.07) is -3.88. The van der Waals surface area contributed by atoms with Crippen molar-refractivity contribution in [2.75, 3.05) is 35.5 Å². The lowest BCUT2D eigenvalue weighted by Gasteiger charge is -2.23. The molecular formula is C16H30N4O5S4. The van der Waals surface area contributed by atoms with E-state index in [0.717, 1.165) is 0 Å². The minimum atomic E-state index is -1.16. The monoisotopic (exact) mass is 486 g/mol. The van der Waals surface area contributed by atoms with E-state index in [0.29, 0.717) is 17.9 Å². The highest BCUT2D eigenvalue weighted by atomic mass is 32.2. The Balaban J connectivity index is 4.89. The van der Waals surface area contributed by atoms with Crippen molar-refractivity contribution in [3.63, 3.8) is 0 Å². The molecule has 0 heterocycles. The second-order valence-corrected chi connectivity index (χ2v) is 8.76. The fourth-order valence-corrected chi connectivity index (χ4v) is 3.56. The highest BCUT2D eigenvalue weighted by Crippen LogP contribution is 2.03. The molecule has 168 valence electrons. The molecule has 0 aliphatic heterocycles. The third kappa shape index (κ3) is 11.3. The van der Waals surface area contributed by atoms with Gasteiger partial charge in [0.25, 0.3) is 0 Å². The third-order valence-electron chi connectivity index (χ3n) is 3.83. The molecule has 0 bridgehead atoms. The van der Waals surface area contributed by atoms with Crippen LogP contribution in [0.2, 0.25) is 0 Å². The van der Waals surface area contributed by atoms with Gasteiger partial charge in [-0.1, -0.05) is 0 Å². The van der Waals surface area contributed by atoms with Crippen LogP contribution in [-0.4, -0.2) is 88.5 Å². The number of nitrogens with one attached hydrogen (secondary N) is 3. The van der Waals surface area contributed by atoms with Crippen molar-refractivity contribution in [2.45, 2.75) is 37.0 Å². The normalized spacial score (nSPS) is 14.9. The van der Waals surface area contributed by atoms with E-state index in [-0.39, 0.29) is 17.9 Å². The first-order chi connectivity index (χ1) is 13.7. The van der Waals surface area contributed by atoms with Crippen LogP contribution < -0.4 is 21.7 Å². The number of aliphatic carboxylic acids is 1. The standard InChI is InChI=1S/C16H30N4O5S4/c1-28-5-3-9(17)13(21)19-11(7-26)15(23)20-12(8-27)14(22)18-10(16(24)25)4-6-29-2/h9-12,26-27H,3-8,17H2,1-2H3,(H,18,22)(H,19,21)(H,20,23)(H,24,25). The number of rotatable bonds is 15. The number of carbonyl (C=O) groups is 4. The predicted octanol–water partition coefficient (Wildman–Crippen LogP) is -0.781. The second kappa shape index (κ2) is 16.0. The van der Waals surface area contributed by atoms with E-state index in [9.17, 15) is 24.3 Å². The summed E-state index contributed by atoms with van der Waals surface area (Å²) in [5.74, 6) is -1.72. The number of hydrogen-bond acceptors (Lipinski definition) is 9. The Morgan fingerprint density at radius 2 is 1.24 bits per heavy atom. The highest BCUT2D eigenvalue weighted by molar-refractivity contribution is 7.98. The maximum absolute atomic E-state index is 12.5.